The Labute approximate surface area is 167 Å². The van der Waals surface area contributed by atoms with Crippen LogP contribution in [-0.2, 0) is 0 Å². The third kappa shape index (κ3) is 2.66. The molecule has 0 saturated heterocycles. The molecular weight excluding hydrogens is 364 g/mol. The molecule has 5 rings (SSSR count). The van der Waals surface area contributed by atoms with E-state index in [1.54, 1.807) is 18.2 Å². The van der Waals surface area contributed by atoms with Gasteiger partial charge in [0.15, 0.2) is 5.58 Å². The van der Waals surface area contributed by atoms with E-state index in [9.17, 15) is 9.59 Å². The Kier molecular flexibility index (Phi) is 3.68. The molecule has 1 aliphatic heterocycles. The van der Waals surface area contributed by atoms with Crippen LogP contribution in [0.2, 0.25) is 0 Å². The fourth-order valence-electron chi connectivity index (χ4n) is 3.81. The van der Waals surface area contributed by atoms with Gasteiger partial charge < -0.3 is 4.42 Å². The SMILES string of the molecule is Cc1ccc(N2C(=O)c3ccc(-c4nc5cc(C)ccc5o4)cc3C2=O)c(C)c1. The van der Waals surface area contributed by atoms with E-state index in [0.29, 0.717) is 33.9 Å². The number of oxazole rings is 1. The maximum Gasteiger partial charge on any atom is 0.266 e. The average molecular weight is 382 g/mol. The lowest BCUT2D eigenvalue weighted by molar-refractivity contribution is 0.0926. The molecular formula is C24H18N2O3. The van der Waals surface area contributed by atoms with E-state index in [-0.39, 0.29) is 11.8 Å². The lowest BCUT2D eigenvalue weighted by Gasteiger charge is -2.16. The van der Waals surface area contributed by atoms with Gasteiger partial charge in [-0.05, 0) is 68.3 Å². The Balaban J connectivity index is 1.58. The zero-order chi connectivity index (χ0) is 20.3. The van der Waals surface area contributed by atoms with Crippen LogP contribution in [0.4, 0.5) is 5.69 Å². The van der Waals surface area contributed by atoms with Gasteiger partial charge in [0.1, 0.15) is 5.52 Å². The molecule has 4 aromatic rings. The number of amides is 2. The van der Waals surface area contributed by atoms with Crippen LogP contribution in [0.3, 0.4) is 0 Å². The van der Waals surface area contributed by atoms with Crippen molar-refractivity contribution in [1.29, 1.82) is 0 Å². The largest absolute Gasteiger partial charge is 0.436 e. The summed E-state index contributed by atoms with van der Waals surface area (Å²) in [5.74, 6) is -0.207. The molecule has 0 aliphatic carbocycles. The van der Waals surface area contributed by atoms with Crippen LogP contribution >= 0.6 is 0 Å². The van der Waals surface area contributed by atoms with Crippen LogP contribution in [0.25, 0.3) is 22.6 Å². The maximum absolute atomic E-state index is 13.1. The lowest BCUT2D eigenvalue weighted by atomic mass is 10.1. The predicted octanol–water partition coefficient (Wildman–Crippen LogP) is 5.22. The Morgan fingerprint density at radius 1 is 0.793 bits per heavy atom. The number of hydrogen-bond donors (Lipinski definition) is 0. The van der Waals surface area contributed by atoms with Gasteiger partial charge in [-0.15, -0.1) is 0 Å². The van der Waals surface area contributed by atoms with Gasteiger partial charge in [-0.3, -0.25) is 9.59 Å². The van der Waals surface area contributed by atoms with Gasteiger partial charge >= 0.3 is 0 Å². The van der Waals surface area contributed by atoms with Crippen LogP contribution in [0.5, 0.6) is 0 Å². The molecule has 1 aromatic heterocycles. The summed E-state index contributed by atoms with van der Waals surface area (Å²) in [6.07, 6.45) is 0. The lowest BCUT2D eigenvalue weighted by Crippen LogP contribution is -2.30. The van der Waals surface area contributed by atoms with E-state index in [1.807, 2.05) is 57.2 Å². The summed E-state index contributed by atoms with van der Waals surface area (Å²) in [5, 5.41) is 0. The minimum Gasteiger partial charge on any atom is -0.436 e. The molecule has 0 N–H and O–H groups in total. The summed E-state index contributed by atoms with van der Waals surface area (Å²) in [5.41, 5.74) is 6.55. The van der Waals surface area contributed by atoms with Crippen molar-refractivity contribution in [2.45, 2.75) is 20.8 Å². The molecule has 5 nitrogen and oxygen atoms in total. The third-order valence-electron chi connectivity index (χ3n) is 5.27. The third-order valence-corrected chi connectivity index (χ3v) is 5.27. The molecule has 0 radical (unpaired) electrons. The number of benzene rings is 3. The summed E-state index contributed by atoms with van der Waals surface area (Å²) in [6.45, 7) is 5.87. The van der Waals surface area contributed by atoms with Crippen LogP contribution < -0.4 is 4.90 Å². The average Bonchev–Trinajstić information content (AvgIpc) is 3.21. The zero-order valence-corrected chi connectivity index (χ0v) is 16.3. The van der Waals surface area contributed by atoms with Gasteiger partial charge in [-0.1, -0.05) is 23.8 Å². The first-order valence-electron chi connectivity index (χ1n) is 9.40. The second-order valence-electron chi connectivity index (χ2n) is 7.49. The van der Waals surface area contributed by atoms with E-state index in [4.69, 9.17) is 4.42 Å². The Morgan fingerprint density at radius 3 is 2.31 bits per heavy atom. The van der Waals surface area contributed by atoms with Gasteiger partial charge in [0.05, 0.1) is 16.8 Å². The minimum atomic E-state index is -0.328. The van der Waals surface area contributed by atoms with Gasteiger partial charge in [0.25, 0.3) is 11.8 Å². The number of aromatic nitrogens is 1. The molecule has 142 valence electrons. The molecule has 5 heteroatoms. The highest BCUT2D eigenvalue weighted by atomic mass is 16.3. The smallest absolute Gasteiger partial charge is 0.266 e. The zero-order valence-electron chi connectivity index (χ0n) is 16.3. The summed E-state index contributed by atoms with van der Waals surface area (Å²) >= 11 is 0. The molecule has 1 aliphatic rings. The number of anilines is 1. The minimum absolute atomic E-state index is 0.309. The van der Waals surface area contributed by atoms with Crippen molar-refractivity contribution in [1.82, 2.24) is 4.98 Å². The number of imide groups is 1. The summed E-state index contributed by atoms with van der Waals surface area (Å²) < 4.78 is 5.85. The van der Waals surface area contributed by atoms with Gasteiger partial charge in [-0.25, -0.2) is 9.88 Å². The fraction of sp³-hybridized carbons (Fsp3) is 0.125. The van der Waals surface area contributed by atoms with Crippen molar-refractivity contribution in [3.05, 3.63) is 82.4 Å². The topological polar surface area (TPSA) is 63.4 Å². The summed E-state index contributed by atoms with van der Waals surface area (Å²) in [6, 6.07) is 16.6. The number of carbonyl (C=O) groups is 2. The van der Waals surface area contributed by atoms with E-state index in [1.165, 1.54) is 4.90 Å². The quantitative estimate of drug-likeness (QED) is 0.446. The van der Waals surface area contributed by atoms with Gasteiger partial charge in [0, 0.05) is 5.56 Å². The van der Waals surface area contributed by atoms with Gasteiger partial charge in [-0.2, -0.15) is 0 Å². The Bertz CT molecular complexity index is 1330. The van der Waals surface area contributed by atoms with Crippen LogP contribution in [0.15, 0.2) is 59.0 Å². The van der Waals surface area contributed by atoms with Crippen molar-refractivity contribution >= 4 is 28.6 Å². The van der Waals surface area contributed by atoms with Crippen molar-refractivity contribution in [3.8, 4) is 11.5 Å². The first-order valence-corrected chi connectivity index (χ1v) is 9.40. The normalized spacial score (nSPS) is 13.4. The highest BCUT2D eigenvalue weighted by Gasteiger charge is 2.37. The van der Waals surface area contributed by atoms with Crippen molar-refractivity contribution in [2.24, 2.45) is 0 Å². The van der Waals surface area contributed by atoms with Crippen molar-refractivity contribution < 1.29 is 14.0 Å². The molecule has 29 heavy (non-hydrogen) atoms. The number of nitrogens with zero attached hydrogens (tertiary/aromatic N) is 2. The monoisotopic (exact) mass is 382 g/mol. The highest BCUT2D eigenvalue weighted by Crippen LogP contribution is 2.34. The number of carbonyl (C=O) groups excluding carboxylic acids is 2. The molecule has 0 spiro atoms. The van der Waals surface area contributed by atoms with E-state index >= 15 is 0 Å². The molecule has 0 atom stereocenters. The molecule has 2 amide bonds. The molecule has 2 heterocycles. The number of rotatable bonds is 2. The first kappa shape index (κ1) is 17.4. The molecule has 0 fully saturated rings. The van der Waals surface area contributed by atoms with Crippen LogP contribution in [0.1, 0.15) is 37.4 Å². The maximum atomic E-state index is 13.1. The number of fused-ring (bicyclic) bond motifs is 2. The van der Waals surface area contributed by atoms with Gasteiger partial charge in [0.2, 0.25) is 5.89 Å². The van der Waals surface area contributed by atoms with Crippen LogP contribution in [0, 0.1) is 20.8 Å². The van der Waals surface area contributed by atoms with E-state index in [0.717, 1.165) is 22.2 Å². The van der Waals surface area contributed by atoms with Crippen molar-refractivity contribution in [2.75, 3.05) is 4.90 Å². The number of aryl methyl sites for hydroxylation is 3. The highest BCUT2D eigenvalue weighted by molar-refractivity contribution is 6.34. The summed E-state index contributed by atoms with van der Waals surface area (Å²) in [7, 11) is 0. The fourth-order valence-corrected chi connectivity index (χ4v) is 3.81. The standard InChI is InChI=1S/C24H18N2O3/c1-13-4-8-20(15(3)10-13)26-23(27)17-7-6-16(12-18(17)24(26)28)22-25-19-11-14(2)5-9-21(19)29-22/h4-12H,1-3H3. The molecule has 0 bridgehead atoms. The second-order valence-corrected chi connectivity index (χ2v) is 7.49. The Morgan fingerprint density at radius 2 is 1.52 bits per heavy atom. The first-order chi connectivity index (χ1) is 13.9. The molecule has 0 unspecified atom stereocenters. The molecule has 3 aromatic carbocycles. The van der Waals surface area contributed by atoms with Crippen LogP contribution in [-0.4, -0.2) is 16.8 Å². The second kappa shape index (κ2) is 6.14. The van der Waals surface area contributed by atoms with E-state index in [2.05, 4.69) is 4.98 Å². The number of hydrogen-bond acceptors (Lipinski definition) is 4. The summed E-state index contributed by atoms with van der Waals surface area (Å²) in [4.78, 5) is 31.8. The predicted molar refractivity (Wildman–Crippen MR) is 111 cm³/mol. The van der Waals surface area contributed by atoms with E-state index < -0.39 is 0 Å². The molecule has 0 saturated carbocycles. The Hall–Kier alpha value is -3.73. The van der Waals surface area contributed by atoms with Crippen molar-refractivity contribution in [3.63, 3.8) is 0 Å².